The van der Waals surface area contributed by atoms with Crippen LogP contribution in [0.4, 0.5) is 0 Å². The third-order valence-corrected chi connectivity index (χ3v) is 4.95. The first-order valence-corrected chi connectivity index (χ1v) is 8.77. The Morgan fingerprint density at radius 3 is 2.42 bits per heavy atom. The number of aliphatic hydroxyl groups excluding tert-OH is 1. The average Bonchev–Trinajstić information content (AvgIpc) is 2.55. The van der Waals surface area contributed by atoms with Gasteiger partial charge in [-0.3, -0.25) is 0 Å². The van der Waals surface area contributed by atoms with Gasteiger partial charge in [-0.15, -0.1) is 0 Å². The van der Waals surface area contributed by atoms with E-state index >= 15 is 0 Å². The summed E-state index contributed by atoms with van der Waals surface area (Å²) in [6.45, 7) is 1.86. The zero-order valence-electron chi connectivity index (χ0n) is 13.1. The summed E-state index contributed by atoms with van der Waals surface area (Å²) in [4.78, 5) is 2.86. The van der Waals surface area contributed by atoms with Crippen molar-refractivity contribution in [3.8, 4) is 0 Å². The van der Waals surface area contributed by atoms with E-state index in [1.54, 1.807) is 12.1 Å². The van der Waals surface area contributed by atoms with Crippen molar-refractivity contribution in [2.24, 2.45) is 0 Å². The molecule has 2 N–H and O–H groups in total. The lowest BCUT2D eigenvalue weighted by molar-refractivity contribution is 0.354. The molecule has 24 heavy (non-hydrogen) atoms. The van der Waals surface area contributed by atoms with Gasteiger partial charge in [0.05, 0.1) is 10.9 Å². The molecule has 7 heteroatoms. The Balaban J connectivity index is 2.29. The molecule has 0 saturated heterocycles. The highest BCUT2D eigenvalue weighted by Crippen LogP contribution is 2.15. The minimum absolute atomic E-state index is 0.0971. The van der Waals surface area contributed by atoms with E-state index in [0.717, 1.165) is 17.3 Å². The highest BCUT2D eigenvalue weighted by Gasteiger charge is 2.25. The van der Waals surface area contributed by atoms with E-state index in [9.17, 15) is 13.5 Å². The Morgan fingerprint density at radius 1 is 1.21 bits per heavy atom. The predicted octanol–water partition coefficient (Wildman–Crippen LogP) is 3.14. The summed E-state index contributed by atoms with van der Waals surface area (Å²) >= 11 is 0. The van der Waals surface area contributed by atoms with Crippen LogP contribution in [0.3, 0.4) is 0 Å². The van der Waals surface area contributed by atoms with Gasteiger partial charge in [0.2, 0.25) is 15.4 Å². The zero-order chi connectivity index (χ0) is 17.6. The van der Waals surface area contributed by atoms with Gasteiger partial charge in [-0.2, -0.15) is 4.72 Å². The van der Waals surface area contributed by atoms with Gasteiger partial charge in [0.15, 0.2) is 10.7 Å². The zero-order valence-corrected chi connectivity index (χ0v) is 13.9. The van der Waals surface area contributed by atoms with Crippen molar-refractivity contribution in [3.05, 3.63) is 82.7 Å². The lowest BCUT2D eigenvalue weighted by Crippen LogP contribution is -2.38. The molecule has 1 atom stereocenters. The number of aliphatic hydroxyl groups is 1. The number of benzene rings is 2. The van der Waals surface area contributed by atoms with Crippen molar-refractivity contribution in [3.63, 3.8) is 0 Å². The lowest BCUT2D eigenvalue weighted by Gasteiger charge is -2.16. The summed E-state index contributed by atoms with van der Waals surface area (Å²) in [5.74, 6) is -0.378. The van der Waals surface area contributed by atoms with Crippen LogP contribution in [0.2, 0.25) is 0 Å². The van der Waals surface area contributed by atoms with E-state index in [4.69, 9.17) is 5.39 Å². The number of sulfonamides is 1. The van der Waals surface area contributed by atoms with Crippen molar-refractivity contribution in [2.75, 3.05) is 0 Å². The molecular formula is C17H18N3O3S+. The average molecular weight is 344 g/mol. The molecular weight excluding hydrogens is 326 g/mol. The summed E-state index contributed by atoms with van der Waals surface area (Å²) in [5, 5.41) is 18.6. The molecule has 124 valence electrons. The Hall–Kier alpha value is -2.69. The molecule has 0 radical (unpaired) electrons. The molecule has 2 aromatic carbocycles. The molecule has 0 spiro atoms. The SMILES string of the molecule is Cc1ccc(S(=O)(=O)N[C@@H](Cc2ccccc2)/C(O)=C/[N+]#N)cc1. The third-order valence-electron chi connectivity index (χ3n) is 3.46. The van der Waals surface area contributed by atoms with Gasteiger partial charge in [-0.25, -0.2) is 8.42 Å². The summed E-state index contributed by atoms with van der Waals surface area (Å²) < 4.78 is 27.5. The van der Waals surface area contributed by atoms with E-state index < -0.39 is 16.1 Å². The Kier molecular flexibility index (Phi) is 5.68. The summed E-state index contributed by atoms with van der Waals surface area (Å²) in [7, 11) is -3.83. The van der Waals surface area contributed by atoms with Crippen LogP contribution < -0.4 is 4.72 Å². The second-order valence-electron chi connectivity index (χ2n) is 5.35. The molecule has 0 aromatic heterocycles. The second kappa shape index (κ2) is 7.73. The number of hydrogen-bond acceptors (Lipinski definition) is 4. The molecule has 6 nitrogen and oxygen atoms in total. The highest BCUT2D eigenvalue weighted by molar-refractivity contribution is 7.89. The number of diazo groups is 1. The predicted molar refractivity (Wildman–Crippen MR) is 91.2 cm³/mol. The first kappa shape index (κ1) is 17.7. The number of nitrogens with zero attached hydrogens (tertiary/aromatic N) is 2. The smallest absolute Gasteiger partial charge is 0.389 e. The maximum Gasteiger partial charge on any atom is 0.389 e. The standard InChI is InChI=1S/C17H17N3O3S/c1-13-7-9-15(10-8-13)24(22,23)20-16(17(21)12-19-18)11-14-5-3-2-4-6-14/h2-10,12,16,20H,11H2,1H3/p+1/b17-12-/t16-/m0/s1. The first-order valence-electron chi connectivity index (χ1n) is 7.28. The van der Waals surface area contributed by atoms with Crippen molar-refractivity contribution in [1.29, 1.82) is 5.39 Å². The van der Waals surface area contributed by atoms with Gasteiger partial charge in [-0.05, 0) is 31.0 Å². The number of rotatable bonds is 6. The van der Waals surface area contributed by atoms with Crippen LogP contribution in [-0.4, -0.2) is 19.6 Å². The van der Waals surface area contributed by atoms with Crippen LogP contribution in [0.1, 0.15) is 11.1 Å². The normalized spacial score (nSPS) is 13.2. The molecule has 0 saturated carbocycles. The molecule has 2 aromatic rings. The van der Waals surface area contributed by atoms with Crippen LogP contribution in [0.15, 0.2) is 71.5 Å². The monoisotopic (exact) mass is 344 g/mol. The van der Waals surface area contributed by atoms with Crippen LogP contribution in [0, 0.1) is 12.3 Å². The lowest BCUT2D eigenvalue weighted by atomic mass is 10.1. The van der Waals surface area contributed by atoms with E-state index in [0.29, 0.717) is 0 Å². The van der Waals surface area contributed by atoms with Crippen molar-refractivity contribution in [1.82, 2.24) is 4.72 Å². The molecule has 0 heterocycles. The number of hydrogen-bond donors (Lipinski definition) is 2. The van der Waals surface area contributed by atoms with Crippen LogP contribution >= 0.6 is 0 Å². The first-order chi connectivity index (χ1) is 11.4. The summed E-state index contributed by atoms with van der Waals surface area (Å²) in [6.07, 6.45) is 1.02. The van der Waals surface area contributed by atoms with Crippen molar-refractivity contribution >= 4 is 10.0 Å². The molecule has 0 aliphatic rings. The molecule has 0 bridgehead atoms. The fraction of sp³-hybridized carbons (Fsp3) is 0.176. The fourth-order valence-electron chi connectivity index (χ4n) is 2.18. The summed E-state index contributed by atoms with van der Waals surface area (Å²) in [6, 6.07) is 14.5. The maximum absolute atomic E-state index is 12.5. The van der Waals surface area contributed by atoms with Crippen molar-refractivity contribution in [2.45, 2.75) is 24.3 Å². The Morgan fingerprint density at radius 2 is 1.83 bits per heavy atom. The van der Waals surface area contributed by atoms with Gasteiger partial charge < -0.3 is 5.11 Å². The molecule has 0 fully saturated rings. The number of nitrogens with one attached hydrogen (secondary N) is 1. The van der Waals surface area contributed by atoms with Gasteiger partial charge in [0, 0.05) is 0 Å². The maximum atomic E-state index is 12.5. The highest BCUT2D eigenvalue weighted by atomic mass is 32.2. The van der Waals surface area contributed by atoms with Gasteiger partial charge in [0.1, 0.15) is 0 Å². The third kappa shape index (κ3) is 4.65. The molecule has 2 rings (SSSR count). The molecule has 0 amide bonds. The topological polar surface area (TPSA) is 94.6 Å². The van der Waals surface area contributed by atoms with Crippen LogP contribution in [0.5, 0.6) is 0 Å². The number of aryl methyl sites for hydroxylation is 1. The molecule has 0 aliphatic carbocycles. The second-order valence-corrected chi connectivity index (χ2v) is 7.06. The van der Waals surface area contributed by atoms with Gasteiger partial charge in [-0.1, -0.05) is 48.0 Å². The Labute approximate surface area is 141 Å². The van der Waals surface area contributed by atoms with E-state index in [-0.39, 0.29) is 17.1 Å². The quantitative estimate of drug-likeness (QED) is 0.622. The fourth-order valence-corrected chi connectivity index (χ4v) is 3.39. The van der Waals surface area contributed by atoms with Gasteiger partial charge >= 0.3 is 6.20 Å². The van der Waals surface area contributed by atoms with E-state index in [1.807, 2.05) is 37.3 Å². The Bertz CT molecular complexity index is 854. The molecule has 0 unspecified atom stereocenters. The largest absolute Gasteiger partial charge is 0.504 e. The van der Waals surface area contributed by atoms with Crippen LogP contribution in [-0.2, 0) is 16.4 Å². The molecule has 0 aliphatic heterocycles. The van der Waals surface area contributed by atoms with E-state index in [1.165, 1.54) is 12.1 Å². The summed E-state index contributed by atoms with van der Waals surface area (Å²) in [5.41, 5.74) is 1.77. The van der Waals surface area contributed by atoms with E-state index in [2.05, 4.69) is 9.70 Å². The van der Waals surface area contributed by atoms with Crippen molar-refractivity contribution < 1.29 is 13.5 Å². The van der Waals surface area contributed by atoms with Gasteiger partial charge in [0.25, 0.3) is 0 Å². The van der Waals surface area contributed by atoms with Crippen LogP contribution in [0.25, 0.3) is 4.98 Å². The minimum Gasteiger partial charge on any atom is -0.504 e. The minimum atomic E-state index is -3.83.